The van der Waals surface area contributed by atoms with Crippen molar-refractivity contribution in [3.05, 3.63) is 67.8 Å². The molecule has 0 bridgehead atoms. The van der Waals surface area contributed by atoms with Gasteiger partial charge in [0.2, 0.25) is 0 Å². The fraction of sp³-hybridized carbons (Fsp3) is 0.263. The molecule has 2 aromatic heterocycles. The lowest BCUT2D eigenvalue weighted by Gasteiger charge is -2.08. The highest BCUT2D eigenvalue weighted by Gasteiger charge is 2.28. The summed E-state index contributed by atoms with van der Waals surface area (Å²) in [6.07, 6.45) is 7.21. The molecule has 126 valence electrons. The number of hydrogen-bond donors (Lipinski definition) is 1. The summed E-state index contributed by atoms with van der Waals surface area (Å²) in [6, 6.07) is 6.33. The second-order valence-electron chi connectivity index (χ2n) is 6.13. The number of thiazole rings is 1. The van der Waals surface area contributed by atoms with Gasteiger partial charge in [0.15, 0.2) is 4.96 Å². The van der Waals surface area contributed by atoms with E-state index in [1.54, 1.807) is 22.6 Å². The summed E-state index contributed by atoms with van der Waals surface area (Å²) in [6.45, 7) is 0.0249. The second kappa shape index (κ2) is 6.10. The number of terminal acetylenes is 1. The van der Waals surface area contributed by atoms with Gasteiger partial charge in [-0.05, 0) is 24.5 Å². The summed E-state index contributed by atoms with van der Waals surface area (Å²) < 4.78 is 15.9. The van der Waals surface area contributed by atoms with Crippen LogP contribution in [0.5, 0.6) is 0 Å². The third-order valence-electron chi connectivity index (χ3n) is 4.61. The topological polar surface area (TPSA) is 54.6 Å². The average Bonchev–Trinajstić information content (AvgIpc) is 3.15. The quantitative estimate of drug-likeness (QED) is 0.735. The zero-order chi connectivity index (χ0) is 17.6. The van der Waals surface area contributed by atoms with Crippen LogP contribution in [-0.2, 0) is 12.8 Å². The Morgan fingerprint density at radius 1 is 1.48 bits per heavy atom. The second-order valence-corrected chi connectivity index (χ2v) is 7.19. The first kappa shape index (κ1) is 16.0. The molecule has 1 N–H and O–H groups in total. The Morgan fingerprint density at radius 2 is 2.32 bits per heavy atom. The van der Waals surface area contributed by atoms with Crippen LogP contribution in [0.3, 0.4) is 0 Å². The van der Waals surface area contributed by atoms with Gasteiger partial charge < -0.3 is 5.11 Å². The molecule has 3 aromatic rings. The Labute approximate surface area is 147 Å². The molecule has 1 aliphatic carbocycles. The van der Waals surface area contributed by atoms with Crippen molar-refractivity contribution in [2.45, 2.75) is 25.2 Å². The number of hydrogen-bond acceptors (Lipinski definition) is 4. The average molecular weight is 354 g/mol. The Morgan fingerprint density at radius 3 is 3.08 bits per heavy atom. The van der Waals surface area contributed by atoms with Gasteiger partial charge in [-0.1, -0.05) is 18.1 Å². The number of aromatic nitrogens is 2. The van der Waals surface area contributed by atoms with E-state index < -0.39 is 5.82 Å². The molecule has 0 spiro atoms. The number of aryl methyl sites for hydroxylation is 1. The monoisotopic (exact) mass is 354 g/mol. The molecule has 1 atom stereocenters. The van der Waals surface area contributed by atoms with Crippen molar-refractivity contribution in [1.29, 1.82) is 0 Å². The zero-order valence-electron chi connectivity index (χ0n) is 13.3. The molecule has 0 saturated heterocycles. The molecule has 4 rings (SSSR count). The largest absolute Gasteiger partial charge is 0.396 e. The van der Waals surface area contributed by atoms with Crippen LogP contribution in [0.1, 0.15) is 39.7 Å². The molecule has 0 aliphatic heterocycles. The van der Waals surface area contributed by atoms with Crippen LogP contribution in [0.15, 0.2) is 29.1 Å². The first-order chi connectivity index (χ1) is 12.1. The van der Waals surface area contributed by atoms with Crippen molar-refractivity contribution in [2.24, 2.45) is 0 Å². The van der Waals surface area contributed by atoms with Crippen LogP contribution in [0.4, 0.5) is 4.39 Å². The van der Waals surface area contributed by atoms with E-state index in [1.165, 1.54) is 17.4 Å². The van der Waals surface area contributed by atoms with Crippen LogP contribution >= 0.6 is 11.3 Å². The summed E-state index contributed by atoms with van der Waals surface area (Å²) in [7, 11) is 0. The molecule has 0 fully saturated rings. The lowest BCUT2D eigenvalue weighted by molar-refractivity contribution is 0.262. The van der Waals surface area contributed by atoms with E-state index in [2.05, 4.69) is 10.9 Å². The van der Waals surface area contributed by atoms with E-state index in [4.69, 9.17) is 6.42 Å². The van der Waals surface area contributed by atoms with Gasteiger partial charge in [-0.25, -0.2) is 9.37 Å². The normalized spacial score (nSPS) is 16.1. The van der Waals surface area contributed by atoms with Gasteiger partial charge in [-0.2, -0.15) is 0 Å². The smallest absolute Gasteiger partial charge is 0.258 e. The Hall–Kier alpha value is -2.49. The Balaban J connectivity index is 1.79. The fourth-order valence-corrected chi connectivity index (χ4v) is 4.65. The van der Waals surface area contributed by atoms with Gasteiger partial charge in [-0.3, -0.25) is 9.20 Å². The SMILES string of the molecule is C#Cc1cccc(Cc2cc(=O)n3c4c(sc3n2)CCC4CO)c1F. The molecule has 4 nitrogen and oxygen atoms in total. The fourth-order valence-electron chi connectivity index (χ4n) is 3.41. The highest BCUT2D eigenvalue weighted by Crippen LogP contribution is 2.37. The van der Waals surface area contributed by atoms with Gasteiger partial charge in [0, 0.05) is 29.0 Å². The Bertz CT molecular complexity index is 1080. The van der Waals surface area contributed by atoms with Crippen LogP contribution in [0.25, 0.3) is 4.96 Å². The van der Waals surface area contributed by atoms with Crippen LogP contribution in [-0.4, -0.2) is 21.1 Å². The van der Waals surface area contributed by atoms with Gasteiger partial charge in [-0.15, -0.1) is 17.8 Å². The molecule has 1 aromatic carbocycles. The van der Waals surface area contributed by atoms with Crippen molar-refractivity contribution >= 4 is 16.3 Å². The summed E-state index contributed by atoms with van der Waals surface area (Å²) >= 11 is 1.47. The van der Waals surface area contributed by atoms with E-state index in [0.717, 1.165) is 23.4 Å². The van der Waals surface area contributed by atoms with Crippen molar-refractivity contribution < 1.29 is 9.50 Å². The van der Waals surface area contributed by atoms with Gasteiger partial charge in [0.05, 0.1) is 17.9 Å². The van der Waals surface area contributed by atoms with Crippen LogP contribution in [0.2, 0.25) is 0 Å². The van der Waals surface area contributed by atoms with Gasteiger partial charge in [0.25, 0.3) is 5.56 Å². The maximum atomic E-state index is 14.3. The van der Waals surface area contributed by atoms with E-state index in [9.17, 15) is 14.3 Å². The minimum absolute atomic E-state index is 0.0149. The van der Waals surface area contributed by atoms with E-state index >= 15 is 0 Å². The third kappa shape index (κ3) is 2.56. The molecular weight excluding hydrogens is 339 g/mol. The molecule has 0 amide bonds. The number of aliphatic hydroxyl groups is 1. The van der Waals surface area contributed by atoms with Crippen LogP contribution in [0, 0.1) is 18.2 Å². The highest BCUT2D eigenvalue weighted by atomic mass is 32.1. The van der Waals surface area contributed by atoms with E-state index in [0.29, 0.717) is 16.2 Å². The molecule has 2 heterocycles. The number of nitrogens with zero attached hydrogens (tertiary/aromatic N) is 2. The maximum absolute atomic E-state index is 14.3. The zero-order valence-corrected chi connectivity index (χ0v) is 14.1. The minimum atomic E-state index is -0.444. The third-order valence-corrected chi connectivity index (χ3v) is 5.73. The summed E-state index contributed by atoms with van der Waals surface area (Å²) in [5, 5.41) is 9.52. The number of halogens is 1. The highest BCUT2D eigenvalue weighted by molar-refractivity contribution is 7.17. The Kier molecular flexibility index (Phi) is 3.91. The van der Waals surface area contributed by atoms with Crippen molar-refractivity contribution in [3.8, 4) is 12.3 Å². The molecule has 1 unspecified atom stereocenters. The predicted molar refractivity (Wildman–Crippen MR) is 94.6 cm³/mol. The molecule has 0 radical (unpaired) electrons. The van der Waals surface area contributed by atoms with E-state index in [1.807, 2.05) is 0 Å². The number of benzene rings is 1. The predicted octanol–water partition coefficient (Wildman–Crippen LogP) is 2.49. The first-order valence-corrected chi connectivity index (χ1v) is 8.83. The van der Waals surface area contributed by atoms with Gasteiger partial charge >= 0.3 is 0 Å². The first-order valence-electron chi connectivity index (χ1n) is 8.01. The number of aliphatic hydroxyl groups excluding tert-OH is 1. The summed E-state index contributed by atoms with van der Waals surface area (Å²) in [5.74, 6) is 1.86. The molecular formula is C19H15FN2O2S. The van der Waals surface area contributed by atoms with Crippen LogP contribution < -0.4 is 5.56 Å². The molecule has 6 heteroatoms. The summed E-state index contributed by atoms with van der Waals surface area (Å²) in [5.41, 5.74) is 1.83. The molecule has 0 saturated carbocycles. The van der Waals surface area contributed by atoms with Crippen molar-refractivity contribution in [3.63, 3.8) is 0 Å². The molecule has 1 aliphatic rings. The standard InChI is InChI=1S/C19H15FN2O2S/c1-2-11-4-3-5-12(17(11)20)8-14-9-16(24)22-18-13(10-23)6-7-15(18)25-19(22)21-14/h1,3-5,9,13,23H,6-8,10H2. The maximum Gasteiger partial charge on any atom is 0.258 e. The lowest BCUT2D eigenvalue weighted by Crippen LogP contribution is -2.18. The summed E-state index contributed by atoms with van der Waals surface area (Å²) in [4.78, 5) is 18.8. The van der Waals surface area contributed by atoms with E-state index in [-0.39, 0.29) is 30.1 Å². The number of rotatable bonds is 3. The lowest BCUT2D eigenvalue weighted by atomic mass is 10.1. The van der Waals surface area contributed by atoms with Gasteiger partial charge in [0.1, 0.15) is 5.82 Å². The number of fused-ring (bicyclic) bond motifs is 3. The van der Waals surface area contributed by atoms with Crippen molar-refractivity contribution in [1.82, 2.24) is 9.38 Å². The minimum Gasteiger partial charge on any atom is -0.396 e. The molecule has 25 heavy (non-hydrogen) atoms. The van der Waals surface area contributed by atoms with Crippen molar-refractivity contribution in [2.75, 3.05) is 6.61 Å².